The highest BCUT2D eigenvalue weighted by molar-refractivity contribution is 6.02. The Labute approximate surface area is 125 Å². The average molecular weight is 297 g/mol. The zero-order valence-corrected chi connectivity index (χ0v) is 11.7. The van der Waals surface area contributed by atoms with E-state index in [1.54, 1.807) is 35.2 Å². The number of rotatable bonds is 3. The minimum absolute atomic E-state index is 0.101. The Morgan fingerprint density at radius 2 is 2.00 bits per heavy atom. The summed E-state index contributed by atoms with van der Waals surface area (Å²) >= 11 is 0. The number of aromatic nitrogens is 4. The molecular weight excluding hydrogens is 285 g/mol. The molecule has 0 aliphatic carbocycles. The molecule has 6 nitrogen and oxygen atoms in total. The molecule has 22 heavy (non-hydrogen) atoms. The molecule has 1 N–H and O–H groups in total. The number of amides is 1. The zero-order chi connectivity index (χ0) is 15.5. The number of hydrogen-bond acceptors (Lipinski definition) is 4. The lowest BCUT2D eigenvalue weighted by Crippen LogP contribution is -2.15. The lowest BCUT2D eigenvalue weighted by molar-refractivity contribution is 0.102. The maximum absolute atomic E-state index is 13.5. The van der Waals surface area contributed by atoms with E-state index in [2.05, 4.69) is 20.5 Å². The summed E-state index contributed by atoms with van der Waals surface area (Å²) < 4.78 is 15.2. The van der Waals surface area contributed by atoms with Crippen LogP contribution in [-0.2, 0) is 0 Å². The first-order chi connectivity index (χ1) is 10.6. The van der Waals surface area contributed by atoms with Gasteiger partial charge in [0.05, 0.1) is 5.69 Å². The van der Waals surface area contributed by atoms with Gasteiger partial charge in [0.2, 0.25) is 0 Å². The fraction of sp³-hybridized carbons (Fsp3) is 0.0667. The topological polar surface area (TPSA) is 72.7 Å². The predicted molar refractivity (Wildman–Crippen MR) is 78.2 cm³/mol. The zero-order valence-electron chi connectivity index (χ0n) is 11.7. The van der Waals surface area contributed by atoms with Gasteiger partial charge < -0.3 is 5.32 Å². The van der Waals surface area contributed by atoms with Crippen LogP contribution in [0.15, 0.2) is 48.8 Å². The quantitative estimate of drug-likeness (QED) is 0.805. The first-order valence-electron chi connectivity index (χ1n) is 6.55. The second-order valence-electron chi connectivity index (χ2n) is 4.56. The van der Waals surface area contributed by atoms with Crippen molar-refractivity contribution in [1.82, 2.24) is 19.7 Å². The molecule has 0 bridgehead atoms. The minimum atomic E-state index is -0.522. The Morgan fingerprint density at radius 3 is 2.64 bits per heavy atom. The second kappa shape index (κ2) is 5.72. The Bertz CT molecular complexity index is 813. The van der Waals surface area contributed by atoms with E-state index in [0.717, 1.165) is 5.82 Å². The van der Waals surface area contributed by atoms with Crippen molar-refractivity contribution in [3.8, 4) is 5.82 Å². The summed E-state index contributed by atoms with van der Waals surface area (Å²) in [4.78, 5) is 16.1. The summed E-state index contributed by atoms with van der Waals surface area (Å²) in [5, 5.41) is 10.3. The summed E-state index contributed by atoms with van der Waals surface area (Å²) in [5.74, 6) is 0.288. The van der Waals surface area contributed by atoms with Crippen LogP contribution >= 0.6 is 0 Å². The van der Waals surface area contributed by atoms with Gasteiger partial charge in [0.25, 0.3) is 5.91 Å². The number of aryl methyl sites for hydroxylation is 1. The van der Waals surface area contributed by atoms with Crippen molar-refractivity contribution in [2.24, 2.45) is 0 Å². The number of carbonyl (C=O) groups excluding carboxylic acids is 1. The normalized spacial score (nSPS) is 10.5. The van der Waals surface area contributed by atoms with Gasteiger partial charge in [-0.3, -0.25) is 9.36 Å². The number of benzene rings is 1. The standard InChI is InChI=1S/C15H12FN5O/c1-10-17-8-9-21(10)14-7-6-13(19-20-14)15(22)18-12-5-3-2-4-11(12)16/h2-9H,1H3,(H,18,22). The molecule has 2 heterocycles. The molecule has 3 rings (SSSR count). The number of nitrogens with one attached hydrogen (secondary N) is 1. The van der Waals surface area contributed by atoms with E-state index in [0.29, 0.717) is 5.82 Å². The lowest BCUT2D eigenvalue weighted by atomic mass is 10.3. The molecule has 7 heteroatoms. The maximum Gasteiger partial charge on any atom is 0.276 e. The molecule has 1 amide bonds. The number of anilines is 1. The van der Waals surface area contributed by atoms with Gasteiger partial charge in [-0.05, 0) is 31.2 Å². The van der Waals surface area contributed by atoms with Gasteiger partial charge in [-0.1, -0.05) is 12.1 Å². The van der Waals surface area contributed by atoms with Crippen molar-refractivity contribution in [1.29, 1.82) is 0 Å². The van der Waals surface area contributed by atoms with Gasteiger partial charge in [-0.15, -0.1) is 10.2 Å². The molecule has 0 saturated carbocycles. The molecule has 0 aliphatic heterocycles. The third-order valence-electron chi connectivity index (χ3n) is 3.08. The van der Waals surface area contributed by atoms with Crippen molar-refractivity contribution in [3.63, 3.8) is 0 Å². The average Bonchev–Trinajstić information content (AvgIpc) is 2.96. The molecule has 110 valence electrons. The number of nitrogens with zero attached hydrogens (tertiary/aromatic N) is 4. The van der Waals surface area contributed by atoms with E-state index in [4.69, 9.17) is 0 Å². The van der Waals surface area contributed by atoms with Gasteiger partial charge in [0.15, 0.2) is 11.5 Å². The molecule has 2 aromatic heterocycles. The highest BCUT2D eigenvalue weighted by Gasteiger charge is 2.11. The van der Waals surface area contributed by atoms with E-state index in [1.807, 2.05) is 6.92 Å². The fourth-order valence-electron chi connectivity index (χ4n) is 1.94. The van der Waals surface area contributed by atoms with Crippen LogP contribution in [0.2, 0.25) is 0 Å². The van der Waals surface area contributed by atoms with E-state index >= 15 is 0 Å². The Hall–Kier alpha value is -3.09. The monoisotopic (exact) mass is 297 g/mol. The van der Waals surface area contributed by atoms with Crippen molar-refractivity contribution in [2.45, 2.75) is 6.92 Å². The van der Waals surface area contributed by atoms with Crippen LogP contribution in [0.5, 0.6) is 0 Å². The minimum Gasteiger partial charge on any atom is -0.318 e. The molecular formula is C15H12FN5O. The molecule has 0 aliphatic rings. The number of imidazole rings is 1. The van der Waals surface area contributed by atoms with Gasteiger partial charge >= 0.3 is 0 Å². The molecule has 1 aromatic carbocycles. The van der Waals surface area contributed by atoms with Crippen LogP contribution in [-0.4, -0.2) is 25.7 Å². The molecule has 3 aromatic rings. The van der Waals surface area contributed by atoms with Gasteiger partial charge in [0.1, 0.15) is 11.6 Å². The molecule has 0 radical (unpaired) electrons. The van der Waals surface area contributed by atoms with Gasteiger partial charge in [0, 0.05) is 12.4 Å². The van der Waals surface area contributed by atoms with Crippen LogP contribution < -0.4 is 5.32 Å². The Balaban J connectivity index is 1.80. The van der Waals surface area contributed by atoms with Crippen LogP contribution in [0, 0.1) is 12.7 Å². The van der Waals surface area contributed by atoms with Crippen LogP contribution in [0.1, 0.15) is 16.3 Å². The Morgan fingerprint density at radius 1 is 1.18 bits per heavy atom. The number of carbonyl (C=O) groups is 1. The van der Waals surface area contributed by atoms with E-state index in [-0.39, 0.29) is 11.4 Å². The lowest BCUT2D eigenvalue weighted by Gasteiger charge is -2.06. The van der Waals surface area contributed by atoms with Crippen molar-refractivity contribution < 1.29 is 9.18 Å². The van der Waals surface area contributed by atoms with E-state index < -0.39 is 11.7 Å². The van der Waals surface area contributed by atoms with Gasteiger partial charge in [-0.2, -0.15) is 0 Å². The fourth-order valence-corrected chi connectivity index (χ4v) is 1.94. The molecule has 0 atom stereocenters. The SMILES string of the molecule is Cc1nccn1-c1ccc(C(=O)Nc2ccccc2F)nn1. The summed E-state index contributed by atoms with van der Waals surface area (Å²) in [6.07, 6.45) is 3.40. The molecule has 0 saturated heterocycles. The highest BCUT2D eigenvalue weighted by atomic mass is 19.1. The molecule has 0 fully saturated rings. The van der Waals surface area contributed by atoms with Crippen LogP contribution in [0.25, 0.3) is 5.82 Å². The van der Waals surface area contributed by atoms with Crippen molar-refractivity contribution >= 4 is 11.6 Å². The first-order valence-corrected chi connectivity index (χ1v) is 6.55. The van der Waals surface area contributed by atoms with E-state index in [9.17, 15) is 9.18 Å². The molecule has 0 unspecified atom stereocenters. The largest absolute Gasteiger partial charge is 0.318 e. The summed E-state index contributed by atoms with van der Waals surface area (Å²) in [6.45, 7) is 1.83. The smallest absolute Gasteiger partial charge is 0.276 e. The number of hydrogen-bond donors (Lipinski definition) is 1. The Kier molecular flexibility index (Phi) is 3.61. The van der Waals surface area contributed by atoms with Crippen LogP contribution in [0.3, 0.4) is 0 Å². The van der Waals surface area contributed by atoms with Crippen molar-refractivity contribution in [3.05, 3.63) is 66.1 Å². The number of halogens is 1. The molecule has 0 spiro atoms. The first kappa shape index (κ1) is 13.9. The maximum atomic E-state index is 13.5. The third kappa shape index (κ3) is 2.69. The van der Waals surface area contributed by atoms with Gasteiger partial charge in [-0.25, -0.2) is 9.37 Å². The predicted octanol–water partition coefficient (Wildman–Crippen LogP) is 2.36. The summed E-state index contributed by atoms with van der Waals surface area (Å²) in [5.41, 5.74) is 0.202. The summed E-state index contributed by atoms with van der Waals surface area (Å²) in [7, 11) is 0. The van der Waals surface area contributed by atoms with Crippen LogP contribution in [0.4, 0.5) is 10.1 Å². The van der Waals surface area contributed by atoms with E-state index in [1.165, 1.54) is 18.2 Å². The third-order valence-corrected chi connectivity index (χ3v) is 3.08. The summed E-state index contributed by atoms with van der Waals surface area (Å²) in [6, 6.07) is 9.11. The second-order valence-corrected chi connectivity index (χ2v) is 4.56. The number of para-hydroxylation sites is 1. The highest BCUT2D eigenvalue weighted by Crippen LogP contribution is 2.13. The van der Waals surface area contributed by atoms with Crippen molar-refractivity contribution in [2.75, 3.05) is 5.32 Å².